The molecule has 112 valence electrons. The quantitative estimate of drug-likeness (QED) is 0.878. The summed E-state index contributed by atoms with van der Waals surface area (Å²) < 4.78 is 0. The maximum Gasteiger partial charge on any atom is 0.231 e. The van der Waals surface area contributed by atoms with E-state index >= 15 is 0 Å². The van der Waals surface area contributed by atoms with Crippen LogP contribution in [0.4, 0.5) is 5.82 Å². The number of carbonyl (C=O) groups excluding carboxylic acids is 1. The van der Waals surface area contributed by atoms with Gasteiger partial charge < -0.3 is 10.4 Å². The third kappa shape index (κ3) is 2.16. The molecule has 5 rings (SSSR count). The number of nitrogens with one attached hydrogen (secondary N) is 1. The first-order chi connectivity index (χ1) is 9.96. The van der Waals surface area contributed by atoms with Crippen molar-refractivity contribution in [3.8, 4) is 0 Å². The zero-order chi connectivity index (χ0) is 14.7. The first-order valence-corrected chi connectivity index (χ1v) is 7.93. The van der Waals surface area contributed by atoms with Crippen LogP contribution < -0.4 is 5.32 Å². The van der Waals surface area contributed by atoms with Crippen LogP contribution in [0.25, 0.3) is 0 Å². The van der Waals surface area contributed by atoms with Gasteiger partial charge >= 0.3 is 0 Å². The van der Waals surface area contributed by atoms with Crippen LogP contribution in [0, 0.1) is 24.2 Å². The summed E-state index contributed by atoms with van der Waals surface area (Å²) in [7, 11) is 0. The summed E-state index contributed by atoms with van der Waals surface area (Å²) in [5.41, 5.74) is 0.116. The minimum Gasteiger partial charge on any atom is -0.390 e. The average Bonchev–Trinajstić information content (AvgIpc) is 2.38. The molecule has 4 saturated carbocycles. The van der Waals surface area contributed by atoms with E-state index in [0.717, 1.165) is 31.2 Å². The highest BCUT2D eigenvalue weighted by atomic mass is 16.3. The average molecular weight is 286 g/mol. The predicted molar refractivity (Wildman–Crippen MR) is 79.7 cm³/mol. The first kappa shape index (κ1) is 13.3. The lowest BCUT2D eigenvalue weighted by Crippen LogP contribution is -2.59. The summed E-state index contributed by atoms with van der Waals surface area (Å²) in [5, 5.41) is 13.7. The topological polar surface area (TPSA) is 62.2 Å². The second kappa shape index (κ2) is 4.29. The molecule has 1 aromatic heterocycles. The predicted octanol–water partition coefficient (Wildman–Crippen LogP) is 2.66. The highest BCUT2D eigenvalue weighted by Gasteiger charge is 2.60. The Hall–Kier alpha value is -1.42. The van der Waals surface area contributed by atoms with E-state index in [-0.39, 0.29) is 11.3 Å². The maximum absolute atomic E-state index is 12.8. The van der Waals surface area contributed by atoms with Crippen LogP contribution in [0.15, 0.2) is 18.3 Å². The fourth-order valence-electron chi connectivity index (χ4n) is 5.27. The van der Waals surface area contributed by atoms with Crippen molar-refractivity contribution >= 4 is 11.7 Å². The number of hydrogen-bond donors (Lipinski definition) is 2. The number of anilines is 1. The molecule has 0 aromatic carbocycles. The molecule has 4 heteroatoms. The third-order valence-electron chi connectivity index (χ3n) is 5.66. The van der Waals surface area contributed by atoms with Crippen LogP contribution in [0.5, 0.6) is 0 Å². The Balaban J connectivity index is 1.57. The number of nitrogens with zero attached hydrogens (tertiary/aromatic N) is 1. The minimum absolute atomic E-state index is 0.0615. The van der Waals surface area contributed by atoms with Gasteiger partial charge in [0.2, 0.25) is 5.91 Å². The van der Waals surface area contributed by atoms with Gasteiger partial charge in [0.25, 0.3) is 0 Å². The zero-order valence-corrected chi connectivity index (χ0v) is 12.4. The Kier molecular flexibility index (Phi) is 2.71. The fourth-order valence-corrected chi connectivity index (χ4v) is 5.27. The van der Waals surface area contributed by atoms with Crippen molar-refractivity contribution in [2.45, 2.75) is 51.0 Å². The number of pyridine rings is 1. The largest absolute Gasteiger partial charge is 0.390 e. The Morgan fingerprint density at radius 2 is 2.00 bits per heavy atom. The maximum atomic E-state index is 12.8. The van der Waals surface area contributed by atoms with Gasteiger partial charge in [0, 0.05) is 6.20 Å². The van der Waals surface area contributed by atoms with E-state index in [1.54, 1.807) is 6.20 Å². The summed E-state index contributed by atoms with van der Waals surface area (Å²) in [6.45, 7) is 1.98. The molecule has 4 fully saturated rings. The second-order valence-electron chi connectivity index (χ2n) is 7.64. The van der Waals surface area contributed by atoms with Gasteiger partial charge in [-0.1, -0.05) is 6.07 Å². The summed E-state index contributed by atoms with van der Waals surface area (Å²) in [6.07, 6.45) is 7.24. The molecular weight excluding hydrogens is 264 g/mol. The lowest BCUT2D eigenvalue weighted by Gasteiger charge is -2.59. The van der Waals surface area contributed by atoms with E-state index in [2.05, 4.69) is 10.3 Å². The lowest BCUT2D eigenvalue weighted by molar-refractivity contribution is -0.174. The molecule has 1 aromatic rings. The molecule has 0 saturated heterocycles. The van der Waals surface area contributed by atoms with Crippen LogP contribution in [0.1, 0.15) is 44.1 Å². The Morgan fingerprint density at radius 1 is 1.29 bits per heavy atom. The number of hydrogen-bond acceptors (Lipinski definition) is 3. The fraction of sp³-hybridized carbons (Fsp3) is 0.647. The van der Waals surface area contributed by atoms with Crippen molar-refractivity contribution in [1.29, 1.82) is 0 Å². The molecule has 4 aliphatic carbocycles. The van der Waals surface area contributed by atoms with Crippen LogP contribution in [0.3, 0.4) is 0 Å². The standard InChI is InChI=1S/C17H22N2O2/c1-11-2-3-14(18-9-11)19-15(20)16-5-12-4-13(6-16)8-17(21,7-12)10-16/h2-3,9,12-13,21H,4-8,10H2,1H3,(H,18,19,20). The summed E-state index contributed by atoms with van der Waals surface area (Å²) in [6, 6.07) is 3.80. The van der Waals surface area contributed by atoms with Gasteiger partial charge in [-0.15, -0.1) is 0 Å². The summed E-state index contributed by atoms with van der Waals surface area (Å²) >= 11 is 0. The number of aryl methyl sites for hydroxylation is 1. The second-order valence-corrected chi connectivity index (χ2v) is 7.64. The van der Waals surface area contributed by atoms with E-state index in [1.807, 2.05) is 19.1 Å². The van der Waals surface area contributed by atoms with Gasteiger partial charge in [0.05, 0.1) is 11.0 Å². The van der Waals surface area contributed by atoms with E-state index in [4.69, 9.17) is 0 Å². The molecule has 0 spiro atoms. The molecule has 1 amide bonds. The molecule has 4 aliphatic rings. The monoisotopic (exact) mass is 286 g/mol. The van der Waals surface area contributed by atoms with Crippen LogP contribution in [0.2, 0.25) is 0 Å². The summed E-state index contributed by atoms with van der Waals surface area (Å²) in [5.74, 6) is 1.72. The van der Waals surface area contributed by atoms with Crippen molar-refractivity contribution in [2.75, 3.05) is 5.32 Å². The lowest BCUT2D eigenvalue weighted by atomic mass is 9.47. The van der Waals surface area contributed by atoms with Crippen molar-refractivity contribution in [1.82, 2.24) is 4.98 Å². The number of aliphatic hydroxyl groups is 1. The van der Waals surface area contributed by atoms with E-state index in [1.165, 1.54) is 6.42 Å². The SMILES string of the molecule is Cc1ccc(NC(=O)C23CC4CC(CC(O)(C4)C2)C3)nc1. The van der Waals surface area contributed by atoms with E-state index in [9.17, 15) is 9.90 Å². The van der Waals surface area contributed by atoms with Gasteiger partial charge in [0.1, 0.15) is 5.82 Å². The highest BCUT2D eigenvalue weighted by molar-refractivity contribution is 5.95. The molecule has 0 aliphatic heterocycles. The van der Waals surface area contributed by atoms with Gasteiger partial charge in [-0.25, -0.2) is 4.98 Å². The molecule has 0 radical (unpaired) electrons. The van der Waals surface area contributed by atoms with E-state index < -0.39 is 5.60 Å². The number of amides is 1. The van der Waals surface area contributed by atoms with Crippen molar-refractivity contribution < 1.29 is 9.90 Å². The molecular formula is C17H22N2O2. The third-order valence-corrected chi connectivity index (χ3v) is 5.66. The Bertz CT molecular complexity index is 567. The smallest absolute Gasteiger partial charge is 0.231 e. The molecule has 4 bridgehead atoms. The van der Waals surface area contributed by atoms with Crippen LogP contribution in [-0.4, -0.2) is 21.6 Å². The molecule has 4 nitrogen and oxygen atoms in total. The first-order valence-electron chi connectivity index (χ1n) is 7.93. The normalized spacial score (nSPS) is 40.3. The number of rotatable bonds is 2. The minimum atomic E-state index is -0.595. The van der Waals surface area contributed by atoms with Gasteiger partial charge in [-0.05, 0) is 68.9 Å². The van der Waals surface area contributed by atoms with Gasteiger partial charge in [0.15, 0.2) is 0 Å². The Labute approximate surface area is 125 Å². The zero-order valence-electron chi connectivity index (χ0n) is 12.4. The van der Waals surface area contributed by atoms with Crippen molar-refractivity contribution in [3.63, 3.8) is 0 Å². The summed E-state index contributed by atoms with van der Waals surface area (Å²) in [4.78, 5) is 17.1. The molecule has 21 heavy (non-hydrogen) atoms. The number of carbonyl (C=O) groups is 1. The molecule has 2 N–H and O–H groups in total. The van der Waals surface area contributed by atoms with Crippen LogP contribution in [-0.2, 0) is 4.79 Å². The van der Waals surface area contributed by atoms with Crippen LogP contribution >= 0.6 is 0 Å². The van der Waals surface area contributed by atoms with Gasteiger partial charge in [-0.3, -0.25) is 4.79 Å². The van der Waals surface area contributed by atoms with E-state index in [0.29, 0.717) is 24.1 Å². The highest BCUT2D eigenvalue weighted by Crippen LogP contribution is 2.61. The number of aromatic nitrogens is 1. The molecule has 2 atom stereocenters. The van der Waals surface area contributed by atoms with Crippen molar-refractivity contribution in [3.05, 3.63) is 23.9 Å². The molecule has 2 unspecified atom stereocenters. The van der Waals surface area contributed by atoms with Gasteiger partial charge in [-0.2, -0.15) is 0 Å². The Morgan fingerprint density at radius 3 is 2.57 bits per heavy atom. The molecule has 1 heterocycles. The van der Waals surface area contributed by atoms with Crippen molar-refractivity contribution in [2.24, 2.45) is 17.3 Å².